The smallest absolute Gasteiger partial charge is 0.159 e. The van der Waals surface area contributed by atoms with Gasteiger partial charge in [0.2, 0.25) is 0 Å². The van der Waals surface area contributed by atoms with E-state index in [1.807, 2.05) is 25.1 Å². The lowest BCUT2D eigenvalue weighted by molar-refractivity contribution is 0.506. The fourth-order valence-electron chi connectivity index (χ4n) is 2.00. The van der Waals surface area contributed by atoms with E-state index in [-0.39, 0.29) is 11.3 Å². The van der Waals surface area contributed by atoms with Gasteiger partial charge in [0.05, 0.1) is 5.25 Å². The first-order chi connectivity index (χ1) is 10.0. The Labute approximate surface area is 132 Å². The Balaban J connectivity index is 2.33. The highest BCUT2D eigenvalue weighted by Crippen LogP contribution is 2.41. The average Bonchev–Trinajstić information content (AvgIpc) is 2.48. The van der Waals surface area contributed by atoms with E-state index >= 15 is 0 Å². The van der Waals surface area contributed by atoms with Crippen molar-refractivity contribution in [2.75, 3.05) is 0 Å². The molecule has 2 rings (SSSR count). The third kappa shape index (κ3) is 3.96. The molecule has 0 aromatic heterocycles. The SMILES string of the molecule is CCC(N)C(Sc1ccc(F)c(F)c1)c1ccccc1Cl. The number of hydrogen-bond acceptors (Lipinski definition) is 2. The van der Waals surface area contributed by atoms with E-state index in [4.69, 9.17) is 17.3 Å². The molecule has 0 spiro atoms. The van der Waals surface area contributed by atoms with Gasteiger partial charge in [-0.3, -0.25) is 0 Å². The largest absolute Gasteiger partial charge is 0.326 e. The van der Waals surface area contributed by atoms with E-state index in [0.29, 0.717) is 9.92 Å². The lowest BCUT2D eigenvalue weighted by atomic mass is 10.0. The Hall–Kier alpha value is -1.10. The topological polar surface area (TPSA) is 26.0 Å². The van der Waals surface area contributed by atoms with Crippen LogP contribution in [0.3, 0.4) is 0 Å². The summed E-state index contributed by atoms with van der Waals surface area (Å²) < 4.78 is 26.4. The molecule has 2 unspecified atom stereocenters. The second kappa shape index (κ2) is 7.25. The van der Waals surface area contributed by atoms with Gasteiger partial charge in [0, 0.05) is 16.0 Å². The second-order valence-electron chi connectivity index (χ2n) is 4.71. The van der Waals surface area contributed by atoms with Crippen LogP contribution in [0.1, 0.15) is 24.2 Å². The maximum atomic E-state index is 13.3. The van der Waals surface area contributed by atoms with Crippen molar-refractivity contribution in [1.82, 2.24) is 0 Å². The van der Waals surface area contributed by atoms with Gasteiger partial charge in [-0.25, -0.2) is 8.78 Å². The summed E-state index contributed by atoms with van der Waals surface area (Å²) in [4.78, 5) is 0.628. The van der Waals surface area contributed by atoms with E-state index in [0.717, 1.165) is 18.1 Å². The lowest BCUT2D eigenvalue weighted by Gasteiger charge is -2.24. The van der Waals surface area contributed by atoms with E-state index in [2.05, 4.69) is 0 Å². The van der Waals surface area contributed by atoms with Gasteiger partial charge in [0.15, 0.2) is 11.6 Å². The predicted octanol–water partition coefficient (Wildman–Crippen LogP) is 5.19. The van der Waals surface area contributed by atoms with Crippen LogP contribution < -0.4 is 5.73 Å². The highest BCUT2D eigenvalue weighted by atomic mass is 35.5. The van der Waals surface area contributed by atoms with Crippen molar-refractivity contribution in [3.63, 3.8) is 0 Å². The summed E-state index contributed by atoms with van der Waals surface area (Å²) in [6.07, 6.45) is 0.757. The zero-order chi connectivity index (χ0) is 15.4. The Morgan fingerprint density at radius 3 is 2.48 bits per heavy atom. The van der Waals surface area contributed by atoms with Crippen molar-refractivity contribution < 1.29 is 8.78 Å². The van der Waals surface area contributed by atoms with E-state index in [1.165, 1.54) is 17.8 Å². The molecule has 0 aliphatic carbocycles. The second-order valence-corrected chi connectivity index (χ2v) is 6.33. The van der Waals surface area contributed by atoms with Crippen LogP contribution in [-0.2, 0) is 0 Å². The van der Waals surface area contributed by atoms with Gasteiger partial charge < -0.3 is 5.73 Å². The summed E-state index contributed by atoms with van der Waals surface area (Å²) in [5.41, 5.74) is 7.09. The van der Waals surface area contributed by atoms with Crippen molar-refractivity contribution in [2.45, 2.75) is 29.5 Å². The molecule has 0 fully saturated rings. The first-order valence-corrected chi connectivity index (χ1v) is 7.90. The number of nitrogens with two attached hydrogens (primary N) is 1. The molecular formula is C16H16ClF2NS. The highest BCUT2D eigenvalue weighted by Gasteiger charge is 2.22. The molecule has 0 radical (unpaired) electrons. The van der Waals surface area contributed by atoms with Crippen LogP contribution in [0, 0.1) is 11.6 Å². The quantitative estimate of drug-likeness (QED) is 0.765. The summed E-state index contributed by atoms with van der Waals surface area (Å²) in [7, 11) is 0. The standard InChI is InChI=1S/C16H16ClF2NS/c1-2-15(20)16(11-5-3-4-6-12(11)17)21-10-7-8-13(18)14(19)9-10/h3-9,15-16H,2,20H2,1H3. The molecule has 2 N–H and O–H groups in total. The molecule has 0 heterocycles. The first-order valence-electron chi connectivity index (χ1n) is 6.64. The number of rotatable bonds is 5. The fraction of sp³-hybridized carbons (Fsp3) is 0.250. The fourth-order valence-corrected chi connectivity index (χ4v) is 3.63. The Bertz CT molecular complexity index is 621. The van der Waals surface area contributed by atoms with Gasteiger partial charge in [0.1, 0.15) is 0 Å². The van der Waals surface area contributed by atoms with Gasteiger partial charge in [-0.05, 0) is 36.2 Å². The molecule has 1 nitrogen and oxygen atoms in total. The van der Waals surface area contributed by atoms with Crippen LogP contribution in [0.4, 0.5) is 8.78 Å². The third-order valence-corrected chi connectivity index (χ3v) is 4.95. The molecule has 21 heavy (non-hydrogen) atoms. The van der Waals surface area contributed by atoms with Crippen molar-refractivity contribution in [3.05, 3.63) is 64.7 Å². The lowest BCUT2D eigenvalue weighted by Crippen LogP contribution is -2.25. The molecule has 112 valence electrons. The van der Waals surface area contributed by atoms with Gasteiger partial charge in [-0.1, -0.05) is 36.7 Å². The molecule has 0 aliphatic rings. The summed E-state index contributed by atoms with van der Waals surface area (Å²) in [5, 5.41) is 0.509. The van der Waals surface area contributed by atoms with Crippen molar-refractivity contribution in [3.8, 4) is 0 Å². The molecule has 2 aromatic carbocycles. The van der Waals surface area contributed by atoms with Crippen molar-refractivity contribution in [2.24, 2.45) is 5.73 Å². The first kappa shape index (κ1) is 16.3. The molecule has 0 saturated carbocycles. The zero-order valence-corrected chi connectivity index (χ0v) is 13.1. The molecule has 2 atom stereocenters. The van der Waals surface area contributed by atoms with E-state index in [1.54, 1.807) is 12.1 Å². The van der Waals surface area contributed by atoms with Crippen LogP contribution in [-0.4, -0.2) is 6.04 Å². The number of hydrogen-bond donors (Lipinski definition) is 1. The zero-order valence-electron chi connectivity index (χ0n) is 11.5. The summed E-state index contributed by atoms with van der Waals surface area (Å²) in [5.74, 6) is -1.71. The number of halogens is 3. The summed E-state index contributed by atoms with van der Waals surface area (Å²) >= 11 is 7.64. The average molecular weight is 328 g/mol. The Kier molecular flexibility index (Phi) is 5.62. The van der Waals surface area contributed by atoms with E-state index < -0.39 is 11.6 Å². The van der Waals surface area contributed by atoms with Crippen LogP contribution >= 0.6 is 23.4 Å². The minimum Gasteiger partial charge on any atom is -0.326 e. The summed E-state index contributed by atoms with van der Waals surface area (Å²) in [6.45, 7) is 1.99. The molecule has 0 saturated heterocycles. The third-order valence-electron chi connectivity index (χ3n) is 3.23. The minimum atomic E-state index is -0.858. The minimum absolute atomic E-state index is 0.117. The van der Waals surface area contributed by atoms with Gasteiger partial charge >= 0.3 is 0 Å². The molecule has 5 heteroatoms. The maximum absolute atomic E-state index is 13.3. The van der Waals surface area contributed by atoms with E-state index in [9.17, 15) is 8.78 Å². The van der Waals surface area contributed by atoms with Gasteiger partial charge in [-0.15, -0.1) is 11.8 Å². The molecule has 0 aliphatic heterocycles. The van der Waals surface area contributed by atoms with Crippen molar-refractivity contribution >= 4 is 23.4 Å². The number of thioether (sulfide) groups is 1. The van der Waals surface area contributed by atoms with Crippen LogP contribution in [0.15, 0.2) is 47.4 Å². The van der Waals surface area contributed by atoms with Crippen LogP contribution in [0.5, 0.6) is 0 Å². The number of benzene rings is 2. The molecular weight excluding hydrogens is 312 g/mol. The normalized spacial score (nSPS) is 14.0. The Morgan fingerprint density at radius 2 is 1.86 bits per heavy atom. The van der Waals surface area contributed by atoms with Crippen molar-refractivity contribution in [1.29, 1.82) is 0 Å². The van der Waals surface area contributed by atoms with Crippen LogP contribution in [0.25, 0.3) is 0 Å². The van der Waals surface area contributed by atoms with Crippen LogP contribution in [0.2, 0.25) is 5.02 Å². The Morgan fingerprint density at radius 1 is 1.14 bits per heavy atom. The molecule has 0 amide bonds. The van der Waals surface area contributed by atoms with Gasteiger partial charge in [0.25, 0.3) is 0 Å². The summed E-state index contributed by atoms with van der Waals surface area (Å²) in [6, 6.07) is 11.2. The predicted molar refractivity (Wildman–Crippen MR) is 84.7 cm³/mol. The molecule has 2 aromatic rings. The monoisotopic (exact) mass is 327 g/mol. The highest BCUT2D eigenvalue weighted by molar-refractivity contribution is 7.99. The molecule has 0 bridgehead atoms. The maximum Gasteiger partial charge on any atom is 0.159 e. The van der Waals surface area contributed by atoms with Gasteiger partial charge in [-0.2, -0.15) is 0 Å².